The Bertz CT molecular complexity index is 1000. The largest absolute Gasteiger partial charge is 0.497 e. The van der Waals surface area contributed by atoms with Crippen molar-refractivity contribution in [3.63, 3.8) is 0 Å². The van der Waals surface area contributed by atoms with Crippen LogP contribution < -0.4 is 4.74 Å². The summed E-state index contributed by atoms with van der Waals surface area (Å²) in [5.41, 5.74) is -0.196. The van der Waals surface area contributed by atoms with Crippen LogP contribution in [0, 0.1) is 0 Å². The molecule has 12 nitrogen and oxygen atoms in total. The van der Waals surface area contributed by atoms with E-state index in [0.717, 1.165) is 45.0 Å². The fraction of sp³-hybridized carbons (Fsp3) is 0.520. The average molecular weight is 522 g/mol. The van der Waals surface area contributed by atoms with Crippen LogP contribution in [0.5, 0.6) is 5.75 Å². The quantitative estimate of drug-likeness (QED) is 0.303. The van der Waals surface area contributed by atoms with Crippen LogP contribution in [-0.2, 0) is 38.8 Å². The number of benzene rings is 1. The Balaban J connectivity index is 0.000000317. The highest BCUT2D eigenvalue weighted by Gasteiger charge is 2.40. The van der Waals surface area contributed by atoms with Crippen molar-refractivity contribution >= 4 is 17.9 Å². The number of carbonyl (C=O) groups is 3. The molecule has 1 aromatic carbocycles. The number of rotatable bonds is 13. The van der Waals surface area contributed by atoms with Gasteiger partial charge in [-0.2, -0.15) is 0 Å². The number of aryl methyl sites for hydroxylation is 1. The summed E-state index contributed by atoms with van der Waals surface area (Å²) in [6.45, 7) is 6.75. The third-order valence-corrected chi connectivity index (χ3v) is 5.86. The number of hydrogen-bond acceptors (Lipinski definition) is 8. The number of carboxylic acids is 3. The van der Waals surface area contributed by atoms with Crippen LogP contribution >= 0.6 is 0 Å². The van der Waals surface area contributed by atoms with Gasteiger partial charge >= 0.3 is 17.9 Å². The van der Waals surface area contributed by atoms with Gasteiger partial charge in [0.25, 0.3) is 0 Å². The molecule has 1 fully saturated rings. The first-order valence-corrected chi connectivity index (χ1v) is 11.9. The Labute approximate surface area is 215 Å². The molecule has 0 bridgehead atoms. The first-order chi connectivity index (χ1) is 17.6. The van der Waals surface area contributed by atoms with Crippen molar-refractivity contribution in [3.8, 4) is 5.75 Å². The number of hydrogen-bond donors (Lipinski definition) is 4. The normalized spacial score (nSPS) is 15.2. The lowest BCUT2D eigenvalue weighted by molar-refractivity contribution is -0.170. The van der Waals surface area contributed by atoms with E-state index >= 15 is 0 Å². The third kappa shape index (κ3) is 9.83. The second-order valence-electron chi connectivity index (χ2n) is 8.80. The van der Waals surface area contributed by atoms with Gasteiger partial charge in [-0.3, -0.25) is 14.5 Å². The lowest BCUT2D eigenvalue weighted by Gasteiger charge is -2.25. The predicted molar refractivity (Wildman–Crippen MR) is 131 cm³/mol. The van der Waals surface area contributed by atoms with Gasteiger partial charge in [0.1, 0.15) is 5.75 Å². The average Bonchev–Trinajstić information content (AvgIpc) is 3.50. The van der Waals surface area contributed by atoms with Gasteiger partial charge in [0.15, 0.2) is 5.60 Å². The van der Waals surface area contributed by atoms with E-state index < -0.39 is 36.4 Å². The molecule has 1 atom stereocenters. The molecule has 1 saturated heterocycles. The van der Waals surface area contributed by atoms with Crippen LogP contribution in [0.4, 0.5) is 0 Å². The van der Waals surface area contributed by atoms with E-state index in [0.29, 0.717) is 6.10 Å². The minimum atomic E-state index is -2.74. The number of ether oxygens (including phenoxy) is 2. The second kappa shape index (κ2) is 14.3. The molecule has 1 aliphatic heterocycles. The highest BCUT2D eigenvalue weighted by molar-refractivity contribution is 5.88. The number of methoxy groups -OCH3 is 1. The molecular weight excluding hydrogens is 486 g/mol. The molecule has 2 aromatic rings. The maximum absolute atomic E-state index is 10.3. The Morgan fingerprint density at radius 3 is 2.27 bits per heavy atom. The van der Waals surface area contributed by atoms with Crippen molar-refractivity contribution in [3.05, 3.63) is 48.0 Å². The van der Waals surface area contributed by atoms with Gasteiger partial charge in [-0.05, 0) is 37.5 Å². The Morgan fingerprint density at radius 1 is 1.14 bits per heavy atom. The summed E-state index contributed by atoms with van der Waals surface area (Å²) in [4.78, 5) is 37.2. The molecule has 204 valence electrons. The summed E-state index contributed by atoms with van der Waals surface area (Å²) >= 11 is 0. The minimum absolute atomic E-state index is 0.348. The molecule has 0 aliphatic carbocycles. The molecule has 3 rings (SSSR count). The smallest absolute Gasteiger partial charge is 0.336 e. The number of carboxylic acid groups (broad SMARTS) is 3. The Morgan fingerprint density at radius 2 is 1.78 bits per heavy atom. The number of aromatic nitrogens is 2. The van der Waals surface area contributed by atoms with Crippen LogP contribution in [0.2, 0.25) is 0 Å². The van der Waals surface area contributed by atoms with Gasteiger partial charge in [0.05, 0.1) is 38.1 Å². The van der Waals surface area contributed by atoms with E-state index in [2.05, 4.69) is 33.5 Å². The van der Waals surface area contributed by atoms with Crippen molar-refractivity contribution in [1.29, 1.82) is 0 Å². The second-order valence-corrected chi connectivity index (χ2v) is 8.80. The summed E-state index contributed by atoms with van der Waals surface area (Å²) in [5.74, 6) is -4.12. The van der Waals surface area contributed by atoms with E-state index in [1.807, 2.05) is 24.7 Å². The standard InChI is InChI=1S/C19H27N3O2.C6H8O7/c1-3-22-15-20-11-17(22)13-21(14-19-5-4-10-24-19)12-16-6-8-18(23-2)9-7-16;7-3(8)1-6(13,5(11)12)2-4(9)10/h6-9,11,15,19H,3-5,10,12-14H2,1-2H3;13H,1-2H2,(H,7,8)(H,9,10)(H,11,12). The summed E-state index contributed by atoms with van der Waals surface area (Å²) in [6.07, 6.45) is 4.28. The van der Waals surface area contributed by atoms with Crippen LogP contribution in [0.25, 0.3) is 0 Å². The number of nitrogens with zero attached hydrogens (tertiary/aromatic N) is 3. The zero-order valence-corrected chi connectivity index (χ0v) is 21.1. The molecule has 0 radical (unpaired) electrons. The molecule has 2 heterocycles. The molecule has 0 saturated carbocycles. The number of aliphatic carboxylic acids is 3. The SMILES string of the molecule is CCn1cncc1CN(Cc1ccc(OC)cc1)CC1CCCO1.O=C(O)CC(O)(CC(=O)O)C(=O)O. The summed E-state index contributed by atoms with van der Waals surface area (Å²) in [6, 6.07) is 8.32. The van der Waals surface area contributed by atoms with Gasteiger partial charge in [0, 0.05) is 39.0 Å². The minimum Gasteiger partial charge on any atom is -0.497 e. The monoisotopic (exact) mass is 521 g/mol. The molecular formula is C25H35N3O9. The molecule has 12 heteroatoms. The first-order valence-electron chi connectivity index (χ1n) is 11.9. The van der Waals surface area contributed by atoms with Crippen molar-refractivity contribution in [2.75, 3.05) is 20.3 Å². The van der Waals surface area contributed by atoms with Crippen molar-refractivity contribution in [2.24, 2.45) is 0 Å². The maximum Gasteiger partial charge on any atom is 0.336 e. The van der Waals surface area contributed by atoms with Crippen molar-refractivity contribution in [2.45, 2.75) is 63.9 Å². The fourth-order valence-electron chi connectivity index (χ4n) is 3.96. The third-order valence-electron chi connectivity index (χ3n) is 5.86. The Kier molecular flexibility index (Phi) is 11.5. The lowest BCUT2D eigenvalue weighted by atomic mass is 9.96. The molecule has 1 unspecified atom stereocenters. The van der Waals surface area contributed by atoms with Gasteiger partial charge in [-0.25, -0.2) is 9.78 Å². The number of imidazole rings is 1. The van der Waals surface area contributed by atoms with E-state index in [1.165, 1.54) is 17.7 Å². The topological polar surface area (TPSA) is 172 Å². The first kappa shape index (κ1) is 29.7. The Hall–Kier alpha value is -3.48. The molecule has 1 aliphatic rings. The van der Waals surface area contributed by atoms with Crippen LogP contribution in [-0.4, -0.2) is 84.8 Å². The van der Waals surface area contributed by atoms with Gasteiger partial charge in [0.2, 0.25) is 0 Å². The van der Waals surface area contributed by atoms with E-state index in [1.54, 1.807) is 7.11 Å². The van der Waals surface area contributed by atoms with Crippen molar-refractivity contribution < 1.29 is 44.3 Å². The highest BCUT2D eigenvalue weighted by Crippen LogP contribution is 2.19. The fourth-order valence-corrected chi connectivity index (χ4v) is 3.96. The summed E-state index contributed by atoms with van der Waals surface area (Å²) in [5, 5.41) is 33.8. The van der Waals surface area contributed by atoms with Crippen LogP contribution in [0.15, 0.2) is 36.8 Å². The molecule has 0 amide bonds. The molecule has 37 heavy (non-hydrogen) atoms. The predicted octanol–water partition coefficient (Wildman–Crippen LogP) is 1.84. The molecule has 0 spiro atoms. The van der Waals surface area contributed by atoms with Gasteiger partial charge in [-0.1, -0.05) is 12.1 Å². The lowest BCUT2D eigenvalue weighted by Crippen LogP contribution is -2.42. The van der Waals surface area contributed by atoms with Crippen LogP contribution in [0.1, 0.15) is 43.9 Å². The van der Waals surface area contributed by atoms with E-state index in [-0.39, 0.29) is 0 Å². The number of aliphatic hydroxyl groups is 1. The summed E-state index contributed by atoms with van der Waals surface area (Å²) < 4.78 is 13.3. The molecule has 1 aromatic heterocycles. The zero-order chi connectivity index (χ0) is 27.4. The van der Waals surface area contributed by atoms with E-state index in [4.69, 9.17) is 29.9 Å². The van der Waals surface area contributed by atoms with Crippen LogP contribution in [0.3, 0.4) is 0 Å². The van der Waals surface area contributed by atoms with Gasteiger partial charge in [-0.15, -0.1) is 0 Å². The zero-order valence-electron chi connectivity index (χ0n) is 21.1. The maximum atomic E-state index is 10.3. The van der Waals surface area contributed by atoms with Crippen molar-refractivity contribution in [1.82, 2.24) is 14.5 Å². The highest BCUT2D eigenvalue weighted by atomic mass is 16.5. The van der Waals surface area contributed by atoms with Gasteiger partial charge < -0.3 is 34.5 Å². The summed E-state index contributed by atoms with van der Waals surface area (Å²) in [7, 11) is 1.70. The molecule has 4 N–H and O–H groups in total. The van der Waals surface area contributed by atoms with E-state index in [9.17, 15) is 14.4 Å².